The van der Waals surface area contributed by atoms with Gasteiger partial charge in [-0.1, -0.05) is 12.1 Å². The monoisotopic (exact) mass is 283 g/mol. The Morgan fingerprint density at radius 3 is 2.58 bits per heavy atom. The van der Waals surface area contributed by atoms with Crippen LogP contribution in [0, 0.1) is 0 Å². The van der Waals surface area contributed by atoms with E-state index < -0.39 is 21.2 Å². The first-order valence-electron chi connectivity index (χ1n) is 5.69. The summed E-state index contributed by atoms with van der Waals surface area (Å²) in [7, 11) is -3.08. The lowest BCUT2D eigenvalue weighted by Crippen LogP contribution is -2.25. The quantitative estimate of drug-likeness (QED) is 0.810. The maximum Gasteiger partial charge on any atom is 0.422 e. The smallest absolute Gasteiger partial charge is 0.372 e. The van der Waals surface area contributed by atoms with Crippen molar-refractivity contribution in [2.45, 2.75) is 13.0 Å². The lowest BCUT2D eigenvalue weighted by molar-refractivity contribution is 0.415. The van der Waals surface area contributed by atoms with Gasteiger partial charge < -0.3 is 4.42 Å². The zero-order valence-electron chi connectivity index (χ0n) is 10.3. The average molecular weight is 283 g/mol. The van der Waals surface area contributed by atoms with Crippen LogP contribution in [0.4, 0.5) is 0 Å². The summed E-state index contributed by atoms with van der Waals surface area (Å²) in [5.74, 6) is -0.787. The molecule has 0 atom stereocenters. The summed E-state index contributed by atoms with van der Waals surface area (Å²) in [4.78, 5) is 23.2. The van der Waals surface area contributed by atoms with Crippen molar-refractivity contribution in [1.29, 1.82) is 0 Å². The molecule has 0 fully saturated rings. The number of sulfone groups is 1. The van der Waals surface area contributed by atoms with E-state index in [1.807, 2.05) is 0 Å². The minimum atomic E-state index is -3.08. The molecule has 0 spiro atoms. The van der Waals surface area contributed by atoms with E-state index in [1.54, 1.807) is 24.3 Å². The molecule has 2 aromatic rings. The molecule has 6 nitrogen and oxygen atoms in total. The zero-order chi connectivity index (χ0) is 14.0. The predicted molar refractivity (Wildman–Crippen MR) is 71.1 cm³/mol. The van der Waals surface area contributed by atoms with Crippen molar-refractivity contribution in [3.05, 3.63) is 45.2 Å². The summed E-state index contributed by atoms with van der Waals surface area (Å²) >= 11 is 0. The number of aryl methyl sites for hydroxylation is 1. The number of rotatable bonds is 4. The first kappa shape index (κ1) is 13.5. The van der Waals surface area contributed by atoms with Crippen molar-refractivity contribution in [1.82, 2.24) is 4.57 Å². The second kappa shape index (κ2) is 5.00. The van der Waals surface area contributed by atoms with Crippen LogP contribution in [-0.2, 0) is 16.4 Å². The number of hydrogen-bond donors (Lipinski definition) is 0. The molecular weight excluding hydrogens is 270 g/mol. The van der Waals surface area contributed by atoms with Crippen LogP contribution in [0.25, 0.3) is 10.9 Å². The van der Waals surface area contributed by atoms with Gasteiger partial charge in [0.2, 0.25) is 0 Å². The summed E-state index contributed by atoms with van der Waals surface area (Å²) in [5.41, 5.74) is -0.225. The van der Waals surface area contributed by atoms with Gasteiger partial charge in [-0.3, -0.25) is 4.57 Å². The van der Waals surface area contributed by atoms with Gasteiger partial charge in [-0.05, 0) is 18.6 Å². The van der Waals surface area contributed by atoms with E-state index in [-0.39, 0.29) is 18.7 Å². The number of nitrogens with zero attached hydrogens (tertiary/aromatic N) is 1. The second-order valence-corrected chi connectivity index (χ2v) is 6.57. The molecule has 0 bridgehead atoms. The van der Waals surface area contributed by atoms with Crippen molar-refractivity contribution in [3.63, 3.8) is 0 Å². The Morgan fingerprint density at radius 2 is 1.89 bits per heavy atom. The molecule has 0 unspecified atom stereocenters. The average Bonchev–Trinajstić information content (AvgIpc) is 2.32. The van der Waals surface area contributed by atoms with Gasteiger partial charge in [0.05, 0.1) is 16.7 Å². The Hall–Kier alpha value is -1.89. The SMILES string of the molecule is CS(=O)(=O)CCCn1c(=O)oc(=O)c2ccccc21. The predicted octanol–water partition coefficient (Wildman–Crippen LogP) is 0.389. The number of para-hydroxylation sites is 1. The molecule has 1 aromatic heterocycles. The van der Waals surface area contributed by atoms with E-state index >= 15 is 0 Å². The maximum atomic E-state index is 11.7. The second-order valence-electron chi connectivity index (χ2n) is 4.31. The first-order valence-corrected chi connectivity index (χ1v) is 7.75. The van der Waals surface area contributed by atoms with Gasteiger partial charge in [0.1, 0.15) is 9.84 Å². The van der Waals surface area contributed by atoms with Gasteiger partial charge in [0.15, 0.2) is 0 Å². The van der Waals surface area contributed by atoms with E-state index in [1.165, 1.54) is 4.57 Å². The van der Waals surface area contributed by atoms with Crippen LogP contribution in [0.5, 0.6) is 0 Å². The highest BCUT2D eigenvalue weighted by Crippen LogP contribution is 2.07. The Balaban J connectivity index is 2.43. The van der Waals surface area contributed by atoms with Crippen LogP contribution in [0.15, 0.2) is 38.3 Å². The van der Waals surface area contributed by atoms with Crippen LogP contribution in [-0.4, -0.2) is 25.0 Å². The summed E-state index contributed by atoms with van der Waals surface area (Å²) in [6.45, 7) is 0.191. The normalized spacial score (nSPS) is 11.8. The van der Waals surface area contributed by atoms with E-state index in [9.17, 15) is 18.0 Å². The summed E-state index contributed by atoms with van der Waals surface area (Å²) in [5, 5.41) is 0.307. The maximum absolute atomic E-state index is 11.7. The fourth-order valence-corrected chi connectivity index (χ4v) is 2.52. The fourth-order valence-electron chi connectivity index (χ4n) is 1.87. The van der Waals surface area contributed by atoms with Gasteiger partial charge in [0, 0.05) is 12.8 Å². The number of aromatic nitrogens is 1. The molecule has 0 aliphatic heterocycles. The van der Waals surface area contributed by atoms with Gasteiger partial charge in [-0.15, -0.1) is 0 Å². The van der Waals surface area contributed by atoms with Crippen LogP contribution in [0.2, 0.25) is 0 Å². The minimum Gasteiger partial charge on any atom is -0.372 e. The highest BCUT2D eigenvalue weighted by molar-refractivity contribution is 7.90. The molecule has 1 aromatic carbocycles. The highest BCUT2D eigenvalue weighted by atomic mass is 32.2. The Labute approximate surface area is 109 Å². The number of benzene rings is 1. The Kier molecular flexibility index (Phi) is 3.57. The summed E-state index contributed by atoms with van der Waals surface area (Å²) in [6, 6.07) is 6.57. The van der Waals surface area contributed by atoms with E-state index in [0.717, 1.165) is 6.26 Å². The first-order chi connectivity index (χ1) is 8.88. The molecule has 0 N–H and O–H groups in total. The fraction of sp³-hybridized carbons (Fsp3) is 0.333. The Morgan fingerprint density at radius 1 is 1.21 bits per heavy atom. The standard InChI is InChI=1S/C12H13NO5S/c1-19(16,17)8-4-7-13-10-6-3-2-5-9(10)11(14)18-12(13)15/h2-3,5-6H,4,7-8H2,1H3. The zero-order valence-corrected chi connectivity index (χ0v) is 11.1. The van der Waals surface area contributed by atoms with Crippen LogP contribution < -0.4 is 11.4 Å². The van der Waals surface area contributed by atoms with Gasteiger partial charge >= 0.3 is 11.4 Å². The van der Waals surface area contributed by atoms with Crippen LogP contribution in [0.1, 0.15) is 6.42 Å². The van der Waals surface area contributed by atoms with Gasteiger partial charge in [0.25, 0.3) is 0 Å². The lowest BCUT2D eigenvalue weighted by Gasteiger charge is -2.07. The number of fused-ring (bicyclic) bond motifs is 1. The third-order valence-corrected chi connectivity index (χ3v) is 3.74. The van der Waals surface area contributed by atoms with Crippen molar-refractivity contribution >= 4 is 20.7 Å². The third-order valence-electron chi connectivity index (χ3n) is 2.71. The number of hydrogen-bond acceptors (Lipinski definition) is 5. The molecule has 0 aliphatic carbocycles. The molecule has 19 heavy (non-hydrogen) atoms. The molecular formula is C12H13NO5S. The summed E-state index contributed by atoms with van der Waals surface area (Å²) < 4.78 is 28.0. The molecule has 0 saturated carbocycles. The van der Waals surface area contributed by atoms with Crippen molar-refractivity contribution in [2.75, 3.05) is 12.0 Å². The minimum absolute atomic E-state index is 0.0209. The lowest BCUT2D eigenvalue weighted by atomic mass is 10.2. The molecule has 7 heteroatoms. The van der Waals surface area contributed by atoms with E-state index in [4.69, 9.17) is 0 Å². The summed E-state index contributed by atoms with van der Waals surface area (Å²) in [6.07, 6.45) is 1.43. The van der Waals surface area contributed by atoms with E-state index in [0.29, 0.717) is 10.9 Å². The largest absolute Gasteiger partial charge is 0.422 e. The Bertz CT molecular complexity index is 816. The highest BCUT2D eigenvalue weighted by Gasteiger charge is 2.09. The third kappa shape index (κ3) is 3.11. The van der Waals surface area contributed by atoms with Crippen LogP contribution in [0.3, 0.4) is 0 Å². The van der Waals surface area contributed by atoms with Crippen molar-refractivity contribution in [2.24, 2.45) is 0 Å². The van der Waals surface area contributed by atoms with Crippen LogP contribution >= 0.6 is 0 Å². The molecule has 1 heterocycles. The molecule has 2 rings (SSSR count). The topological polar surface area (TPSA) is 86.3 Å². The van der Waals surface area contributed by atoms with Gasteiger partial charge in [-0.25, -0.2) is 18.0 Å². The molecule has 102 valence electrons. The van der Waals surface area contributed by atoms with Crippen molar-refractivity contribution in [3.8, 4) is 0 Å². The van der Waals surface area contributed by atoms with Crippen molar-refractivity contribution < 1.29 is 12.8 Å². The van der Waals surface area contributed by atoms with E-state index in [2.05, 4.69) is 4.42 Å². The molecule has 0 saturated heterocycles. The molecule has 0 amide bonds. The van der Waals surface area contributed by atoms with Gasteiger partial charge in [-0.2, -0.15) is 0 Å². The molecule has 0 radical (unpaired) electrons. The molecule has 0 aliphatic rings.